The summed E-state index contributed by atoms with van der Waals surface area (Å²) in [6.45, 7) is 2.80. The molecule has 4 nitrogen and oxygen atoms in total. The van der Waals surface area contributed by atoms with Crippen LogP contribution in [0.4, 0.5) is 5.95 Å². The van der Waals surface area contributed by atoms with Crippen molar-refractivity contribution in [2.45, 2.75) is 6.42 Å². The third-order valence-corrected chi connectivity index (χ3v) is 2.45. The van der Waals surface area contributed by atoms with Crippen LogP contribution in [0.3, 0.4) is 0 Å². The Hall–Kier alpha value is -1.16. The summed E-state index contributed by atoms with van der Waals surface area (Å²) in [7, 11) is 0. The van der Waals surface area contributed by atoms with Crippen LogP contribution in [0.2, 0.25) is 0 Å². The van der Waals surface area contributed by atoms with E-state index in [-0.39, 0.29) is 0 Å². The van der Waals surface area contributed by atoms with Gasteiger partial charge in [-0.15, -0.1) is 0 Å². The molecule has 0 bridgehead atoms. The zero-order valence-electron chi connectivity index (χ0n) is 7.56. The molecule has 70 valence electrons. The van der Waals surface area contributed by atoms with Gasteiger partial charge in [-0.1, -0.05) is 0 Å². The van der Waals surface area contributed by atoms with E-state index in [9.17, 15) is 0 Å². The van der Waals surface area contributed by atoms with Crippen LogP contribution < -0.4 is 10.6 Å². The molecule has 0 aliphatic carbocycles. The fourth-order valence-corrected chi connectivity index (χ4v) is 1.66. The molecule has 1 fully saturated rings. The van der Waals surface area contributed by atoms with Gasteiger partial charge in [0, 0.05) is 25.5 Å². The van der Waals surface area contributed by atoms with Gasteiger partial charge in [0.1, 0.15) is 0 Å². The van der Waals surface area contributed by atoms with Crippen molar-refractivity contribution in [1.82, 2.24) is 9.97 Å². The second-order valence-corrected chi connectivity index (χ2v) is 3.39. The highest BCUT2D eigenvalue weighted by molar-refractivity contribution is 5.30. The van der Waals surface area contributed by atoms with Crippen LogP contribution in [0.15, 0.2) is 18.5 Å². The molecule has 2 heterocycles. The molecule has 2 rings (SSSR count). The summed E-state index contributed by atoms with van der Waals surface area (Å²) in [5, 5.41) is 0. The standard InChI is InChI=1S/C9H14N4/c10-6-8-2-5-13(7-8)9-11-3-1-4-12-9/h1,3-4,8H,2,5-7,10H2. The van der Waals surface area contributed by atoms with Gasteiger partial charge >= 0.3 is 0 Å². The average Bonchev–Trinajstić information content (AvgIpc) is 2.67. The third-order valence-electron chi connectivity index (χ3n) is 2.45. The number of anilines is 1. The lowest BCUT2D eigenvalue weighted by Gasteiger charge is -2.14. The molecule has 4 heteroatoms. The Balaban J connectivity index is 2.04. The Bertz CT molecular complexity index is 262. The van der Waals surface area contributed by atoms with Crippen molar-refractivity contribution in [3.05, 3.63) is 18.5 Å². The van der Waals surface area contributed by atoms with Gasteiger partial charge in [-0.2, -0.15) is 0 Å². The van der Waals surface area contributed by atoms with E-state index >= 15 is 0 Å². The van der Waals surface area contributed by atoms with Gasteiger partial charge in [0.25, 0.3) is 0 Å². The van der Waals surface area contributed by atoms with Crippen LogP contribution in [-0.2, 0) is 0 Å². The molecule has 0 spiro atoms. The minimum atomic E-state index is 0.615. The highest BCUT2D eigenvalue weighted by Gasteiger charge is 2.22. The van der Waals surface area contributed by atoms with E-state index < -0.39 is 0 Å². The van der Waals surface area contributed by atoms with Crippen LogP contribution >= 0.6 is 0 Å². The van der Waals surface area contributed by atoms with Gasteiger partial charge in [-0.05, 0) is 24.9 Å². The maximum absolute atomic E-state index is 5.61. The van der Waals surface area contributed by atoms with Crippen molar-refractivity contribution < 1.29 is 0 Å². The smallest absolute Gasteiger partial charge is 0.225 e. The maximum Gasteiger partial charge on any atom is 0.225 e. The van der Waals surface area contributed by atoms with Gasteiger partial charge in [0.15, 0.2) is 0 Å². The number of hydrogen-bond acceptors (Lipinski definition) is 4. The van der Waals surface area contributed by atoms with Gasteiger partial charge in [0.2, 0.25) is 5.95 Å². The molecule has 1 atom stereocenters. The van der Waals surface area contributed by atoms with Crippen LogP contribution in [0.1, 0.15) is 6.42 Å². The lowest BCUT2D eigenvalue weighted by Crippen LogP contribution is -2.24. The van der Waals surface area contributed by atoms with E-state index in [2.05, 4.69) is 14.9 Å². The molecule has 0 radical (unpaired) electrons. The first-order valence-corrected chi connectivity index (χ1v) is 4.62. The Morgan fingerprint density at radius 3 is 2.85 bits per heavy atom. The maximum atomic E-state index is 5.61. The lowest BCUT2D eigenvalue weighted by molar-refractivity contribution is 0.602. The van der Waals surface area contributed by atoms with E-state index in [1.807, 2.05) is 6.07 Å². The molecule has 2 N–H and O–H groups in total. The third kappa shape index (κ3) is 1.78. The summed E-state index contributed by atoms with van der Waals surface area (Å²) >= 11 is 0. The Morgan fingerprint density at radius 2 is 2.23 bits per heavy atom. The number of nitrogens with zero attached hydrogens (tertiary/aromatic N) is 3. The minimum absolute atomic E-state index is 0.615. The average molecular weight is 178 g/mol. The zero-order valence-corrected chi connectivity index (χ0v) is 7.56. The first-order valence-electron chi connectivity index (χ1n) is 4.62. The summed E-state index contributed by atoms with van der Waals surface area (Å²) in [6, 6.07) is 1.83. The van der Waals surface area contributed by atoms with Crippen LogP contribution in [-0.4, -0.2) is 29.6 Å². The van der Waals surface area contributed by atoms with Crippen molar-refractivity contribution in [3.8, 4) is 0 Å². The fraction of sp³-hybridized carbons (Fsp3) is 0.556. The van der Waals surface area contributed by atoms with Gasteiger partial charge in [0.05, 0.1) is 0 Å². The second kappa shape index (κ2) is 3.70. The molecular formula is C9H14N4. The van der Waals surface area contributed by atoms with Crippen molar-refractivity contribution in [1.29, 1.82) is 0 Å². The summed E-state index contributed by atoms with van der Waals surface area (Å²) in [4.78, 5) is 10.6. The number of rotatable bonds is 2. The molecule has 0 aromatic carbocycles. The van der Waals surface area contributed by atoms with Gasteiger partial charge in [-0.3, -0.25) is 0 Å². The second-order valence-electron chi connectivity index (χ2n) is 3.39. The number of aromatic nitrogens is 2. The zero-order chi connectivity index (χ0) is 9.10. The number of hydrogen-bond donors (Lipinski definition) is 1. The largest absolute Gasteiger partial charge is 0.340 e. The van der Waals surface area contributed by atoms with Gasteiger partial charge in [-0.25, -0.2) is 9.97 Å². The normalized spacial score (nSPS) is 22.2. The highest BCUT2D eigenvalue weighted by Crippen LogP contribution is 2.18. The van der Waals surface area contributed by atoms with Crippen LogP contribution in [0, 0.1) is 5.92 Å². The molecule has 1 aliphatic rings. The molecule has 1 saturated heterocycles. The molecule has 0 saturated carbocycles. The summed E-state index contributed by atoms with van der Waals surface area (Å²) in [5.74, 6) is 1.45. The minimum Gasteiger partial charge on any atom is -0.340 e. The van der Waals surface area contributed by atoms with E-state index in [4.69, 9.17) is 5.73 Å². The summed E-state index contributed by atoms with van der Waals surface area (Å²) < 4.78 is 0. The molecule has 13 heavy (non-hydrogen) atoms. The molecule has 1 aliphatic heterocycles. The first-order chi connectivity index (χ1) is 6.40. The number of nitrogens with two attached hydrogens (primary N) is 1. The van der Waals surface area contributed by atoms with Crippen LogP contribution in [0.25, 0.3) is 0 Å². The SMILES string of the molecule is NCC1CCN(c2ncccn2)C1. The molecular weight excluding hydrogens is 164 g/mol. The van der Waals surface area contributed by atoms with E-state index in [1.54, 1.807) is 12.4 Å². The molecule has 0 amide bonds. The van der Waals surface area contributed by atoms with Crippen LogP contribution in [0.5, 0.6) is 0 Å². The van der Waals surface area contributed by atoms with Crippen molar-refractivity contribution >= 4 is 5.95 Å². The predicted octanol–water partition coefficient (Wildman–Crippen LogP) is 0.262. The Labute approximate surface area is 77.8 Å². The topological polar surface area (TPSA) is 55.0 Å². The molecule has 1 unspecified atom stereocenters. The quantitative estimate of drug-likeness (QED) is 0.706. The van der Waals surface area contributed by atoms with Gasteiger partial charge < -0.3 is 10.6 Å². The fourth-order valence-electron chi connectivity index (χ4n) is 1.66. The molecule has 1 aromatic rings. The van der Waals surface area contributed by atoms with E-state index in [1.165, 1.54) is 0 Å². The molecule has 1 aromatic heterocycles. The van der Waals surface area contributed by atoms with E-state index in [0.29, 0.717) is 5.92 Å². The Morgan fingerprint density at radius 1 is 1.46 bits per heavy atom. The highest BCUT2D eigenvalue weighted by atomic mass is 15.3. The Kier molecular flexibility index (Phi) is 2.40. The first kappa shape index (κ1) is 8.44. The summed E-state index contributed by atoms with van der Waals surface area (Å²) in [6.07, 6.45) is 4.71. The summed E-state index contributed by atoms with van der Waals surface area (Å²) in [5.41, 5.74) is 5.61. The predicted molar refractivity (Wildman–Crippen MR) is 51.4 cm³/mol. The lowest BCUT2D eigenvalue weighted by atomic mass is 10.1. The van der Waals surface area contributed by atoms with Crippen molar-refractivity contribution in [2.24, 2.45) is 11.7 Å². The van der Waals surface area contributed by atoms with E-state index in [0.717, 1.165) is 32.0 Å². The monoisotopic (exact) mass is 178 g/mol. The van der Waals surface area contributed by atoms with Crippen molar-refractivity contribution in [3.63, 3.8) is 0 Å². The van der Waals surface area contributed by atoms with Crippen molar-refractivity contribution in [2.75, 3.05) is 24.5 Å².